The minimum Gasteiger partial charge on any atom is -0.357 e. The van der Waals surface area contributed by atoms with Crippen molar-refractivity contribution in [1.29, 1.82) is 0 Å². The van der Waals surface area contributed by atoms with Crippen molar-refractivity contribution in [2.45, 2.75) is 71.4 Å². The Balaban J connectivity index is 0.00000312. The van der Waals surface area contributed by atoms with E-state index in [0.717, 1.165) is 19.0 Å². The Bertz CT molecular complexity index is 361. The van der Waals surface area contributed by atoms with E-state index in [4.69, 9.17) is 4.99 Å². The highest BCUT2D eigenvalue weighted by Crippen LogP contribution is 2.13. The molecule has 5 nitrogen and oxygen atoms in total. The zero-order valence-corrected chi connectivity index (χ0v) is 18.9. The van der Waals surface area contributed by atoms with Crippen LogP contribution in [0.25, 0.3) is 0 Å². The maximum atomic E-state index is 4.79. The van der Waals surface area contributed by atoms with E-state index >= 15 is 0 Å². The highest BCUT2D eigenvalue weighted by atomic mass is 127. The Hall–Kier alpha value is -0.0800. The van der Waals surface area contributed by atoms with Crippen LogP contribution in [0.15, 0.2) is 4.99 Å². The van der Waals surface area contributed by atoms with Gasteiger partial charge in [0.25, 0.3) is 0 Å². The van der Waals surface area contributed by atoms with Crippen LogP contribution >= 0.6 is 24.0 Å². The molecule has 6 heteroatoms. The predicted molar refractivity (Wildman–Crippen MR) is 119 cm³/mol. The quantitative estimate of drug-likeness (QED) is 0.251. The minimum absolute atomic E-state index is 0. The Morgan fingerprint density at radius 1 is 1.08 bits per heavy atom. The molecule has 0 aromatic heterocycles. The zero-order chi connectivity index (χ0) is 17.2. The average molecular weight is 465 g/mol. The van der Waals surface area contributed by atoms with E-state index in [1.807, 2.05) is 0 Å². The van der Waals surface area contributed by atoms with Crippen LogP contribution in [0.5, 0.6) is 0 Å². The van der Waals surface area contributed by atoms with E-state index in [-0.39, 0.29) is 24.0 Å². The van der Waals surface area contributed by atoms with Crippen LogP contribution in [0.1, 0.15) is 59.3 Å². The van der Waals surface area contributed by atoms with Gasteiger partial charge in [-0.1, -0.05) is 0 Å². The summed E-state index contributed by atoms with van der Waals surface area (Å²) in [6.45, 7) is 14.9. The molecule has 0 aromatic carbocycles. The number of rotatable bonds is 8. The first-order valence-corrected chi connectivity index (χ1v) is 10.2. The van der Waals surface area contributed by atoms with Gasteiger partial charge in [-0.05, 0) is 78.9 Å². The number of piperidine rings is 1. The van der Waals surface area contributed by atoms with E-state index < -0.39 is 0 Å². The molecule has 2 saturated heterocycles. The molecule has 2 aliphatic rings. The van der Waals surface area contributed by atoms with Gasteiger partial charge in [-0.2, -0.15) is 0 Å². The second kappa shape index (κ2) is 13.1. The van der Waals surface area contributed by atoms with Gasteiger partial charge in [0.2, 0.25) is 0 Å². The highest BCUT2D eigenvalue weighted by molar-refractivity contribution is 14.0. The summed E-state index contributed by atoms with van der Waals surface area (Å²) >= 11 is 0. The summed E-state index contributed by atoms with van der Waals surface area (Å²) in [5, 5.41) is 7.06. The Labute approximate surface area is 172 Å². The summed E-state index contributed by atoms with van der Waals surface area (Å²) in [6.07, 6.45) is 7.69. The molecule has 2 aliphatic heterocycles. The van der Waals surface area contributed by atoms with Crippen molar-refractivity contribution in [3.05, 3.63) is 0 Å². The number of nitrogens with one attached hydrogen (secondary N) is 2. The van der Waals surface area contributed by atoms with Crippen LogP contribution in [0.4, 0.5) is 0 Å². The van der Waals surface area contributed by atoms with E-state index in [1.54, 1.807) is 0 Å². The van der Waals surface area contributed by atoms with Crippen molar-refractivity contribution >= 4 is 29.9 Å². The fourth-order valence-corrected chi connectivity index (χ4v) is 3.72. The molecule has 148 valence electrons. The van der Waals surface area contributed by atoms with Gasteiger partial charge in [0.15, 0.2) is 5.96 Å². The fourth-order valence-electron chi connectivity index (χ4n) is 3.72. The number of aliphatic imine (C=N–C) groups is 1. The van der Waals surface area contributed by atoms with Crippen molar-refractivity contribution < 1.29 is 0 Å². The van der Waals surface area contributed by atoms with Gasteiger partial charge in [-0.3, -0.25) is 4.99 Å². The van der Waals surface area contributed by atoms with Gasteiger partial charge in [0.05, 0.1) is 0 Å². The zero-order valence-electron chi connectivity index (χ0n) is 16.6. The minimum atomic E-state index is 0. The highest BCUT2D eigenvalue weighted by Gasteiger charge is 2.21. The molecular formula is C19H40IN5. The Kier molecular flexibility index (Phi) is 12.1. The summed E-state index contributed by atoms with van der Waals surface area (Å²) in [7, 11) is 0. The van der Waals surface area contributed by atoms with Crippen molar-refractivity contribution in [3.8, 4) is 0 Å². The number of likely N-dealkylation sites (tertiary alicyclic amines) is 2. The molecule has 0 radical (unpaired) electrons. The Morgan fingerprint density at radius 3 is 2.36 bits per heavy atom. The lowest BCUT2D eigenvalue weighted by atomic mass is 10.0. The number of hydrogen-bond donors (Lipinski definition) is 2. The van der Waals surface area contributed by atoms with Gasteiger partial charge < -0.3 is 20.4 Å². The normalized spacial score (nSPS) is 20.7. The standard InChI is InChI=1S/C19H39N5.HI/c1-4-20-19(21-11-5-6-12-23-13-7-8-14-23)22-18-9-15-24(16-10-18)17(2)3;/h17-18H,4-16H2,1-3H3,(H2,20,21,22);1H. The molecule has 0 unspecified atom stereocenters. The molecule has 0 saturated carbocycles. The molecule has 0 atom stereocenters. The largest absolute Gasteiger partial charge is 0.357 e. The van der Waals surface area contributed by atoms with Crippen molar-refractivity contribution in [1.82, 2.24) is 20.4 Å². The molecule has 2 N–H and O–H groups in total. The molecule has 0 bridgehead atoms. The van der Waals surface area contributed by atoms with Gasteiger partial charge in [-0.15, -0.1) is 24.0 Å². The van der Waals surface area contributed by atoms with Crippen molar-refractivity contribution in [2.24, 2.45) is 4.99 Å². The van der Waals surface area contributed by atoms with Gasteiger partial charge in [-0.25, -0.2) is 0 Å². The summed E-state index contributed by atoms with van der Waals surface area (Å²) in [6, 6.07) is 1.24. The van der Waals surface area contributed by atoms with Gasteiger partial charge >= 0.3 is 0 Å². The second-order valence-electron chi connectivity index (χ2n) is 7.56. The van der Waals surface area contributed by atoms with Crippen LogP contribution in [0.3, 0.4) is 0 Å². The first-order valence-electron chi connectivity index (χ1n) is 10.2. The lowest BCUT2D eigenvalue weighted by Crippen LogP contribution is -2.49. The molecule has 0 spiro atoms. The van der Waals surface area contributed by atoms with Gasteiger partial charge in [0, 0.05) is 38.3 Å². The van der Waals surface area contributed by atoms with E-state index in [1.165, 1.54) is 71.2 Å². The van der Waals surface area contributed by atoms with Gasteiger partial charge in [0.1, 0.15) is 0 Å². The Morgan fingerprint density at radius 2 is 1.76 bits per heavy atom. The number of guanidine groups is 1. The first-order chi connectivity index (χ1) is 11.7. The van der Waals surface area contributed by atoms with Crippen LogP contribution in [0.2, 0.25) is 0 Å². The lowest BCUT2D eigenvalue weighted by Gasteiger charge is -2.35. The molecule has 0 aromatic rings. The van der Waals surface area contributed by atoms with Crippen LogP contribution in [0, 0.1) is 0 Å². The molecule has 0 aliphatic carbocycles. The smallest absolute Gasteiger partial charge is 0.191 e. The first kappa shape index (κ1) is 23.0. The van der Waals surface area contributed by atoms with Crippen molar-refractivity contribution in [3.63, 3.8) is 0 Å². The van der Waals surface area contributed by atoms with Crippen LogP contribution < -0.4 is 10.6 Å². The molecule has 2 rings (SSSR count). The number of hydrogen-bond acceptors (Lipinski definition) is 3. The number of unbranched alkanes of at least 4 members (excludes halogenated alkanes) is 1. The maximum Gasteiger partial charge on any atom is 0.191 e. The average Bonchev–Trinajstić information content (AvgIpc) is 3.08. The molecule has 2 heterocycles. The molecular weight excluding hydrogens is 425 g/mol. The third-order valence-corrected chi connectivity index (χ3v) is 5.30. The summed E-state index contributed by atoms with van der Waals surface area (Å²) < 4.78 is 0. The summed E-state index contributed by atoms with van der Waals surface area (Å²) in [5.41, 5.74) is 0. The van der Waals surface area contributed by atoms with E-state index in [9.17, 15) is 0 Å². The SMILES string of the molecule is CCNC(=NCCCCN1CCCC1)NC1CCN(C(C)C)CC1.I. The molecule has 0 amide bonds. The third-order valence-electron chi connectivity index (χ3n) is 5.30. The third kappa shape index (κ3) is 8.91. The monoisotopic (exact) mass is 465 g/mol. The summed E-state index contributed by atoms with van der Waals surface area (Å²) in [5.74, 6) is 1.02. The van der Waals surface area contributed by atoms with E-state index in [0.29, 0.717) is 12.1 Å². The molecule has 25 heavy (non-hydrogen) atoms. The maximum absolute atomic E-state index is 4.79. The topological polar surface area (TPSA) is 42.9 Å². The number of halogens is 1. The van der Waals surface area contributed by atoms with Crippen molar-refractivity contribution in [2.75, 3.05) is 45.8 Å². The second-order valence-corrected chi connectivity index (χ2v) is 7.56. The van der Waals surface area contributed by atoms with E-state index in [2.05, 4.69) is 41.2 Å². The van der Waals surface area contributed by atoms with Crippen LogP contribution in [-0.2, 0) is 0 Å². The fraction of sp³-hybridized carbons (Fsp3) is 0.947. The predicted octanol–water partition coefficient (Wildman–Crippen LogP) is 2.91. The molecule has 2 fully saturated rings. The number of nitrogens with zero attached hydrogens (tertiary/aromatic N) is 3. The van der Waals surface area contributed by atoms with Crippen LogP contribution in [-0.4, -0.2) is 73.7 Å². The summed E-state index contributed by atoms with van der Waals surface area (Å²) in [4.78, 5) is 9.95. The lowest BCUT2D eigenvalue weighted by molar-refractivity contribution is 0.167.